The molecule has 0 spiro atoms. The van der Waals surface area contributed by atoms with Crippen LogP contribution in [0.3, 0.4) is 0 Å². The maximum atomic E-state index is 4.70. The number of hydrogen-bond donors (Lipinski definition) is 2. The zero-order valence-corrected chi connectivity index (χ0v) is 10.6. The monoisotopic (exact) mass is 255 g/mol. The van der Waals surface area contributed by atoms with E-state index in [4.69, 9.17) is 4.98 Å². The van der Waals surface area contributed by atoms with E-state index in [0.29, 0.717) is 0 Å². The van der Waals surface area contributed by atoms with Crippen LogP contribution in [0.25, 0.3) is 11.0 Å². The van der Waals surface area contributed by atoms with Crippen LogP contribution in [0.1, 0.15) is 22.3 Å². The third-order valence-corrected chi connectivity index (χ3v) is 4.47. The molecule has 4 heteroatoms. The summed E-state index contributed by atoms with van der Waals surface area (Å²) in [5, 5.41) is 5.73. The maximum Gasteiger partial charge on any atom is 0.129 e. The molecular formula is C14H13N3S. The molecule has 3 nitrogen and oxygen atoms in total. The number of hydrogen-bond acceptors (Lipinski definition) is 3. The smallest absolute Gasteiger partial charge is 0.129 e. The van der Waals surface area contributed by atoms with Gasteiger partial charge in [-0.1, -0.05) is 12.1 Å². The second kappa shape index (κ2) is 3.93. The first kappa shape index (κ1) is 10.3. The molecule has 0 radical (unpaired) electrons. The molecular weight excluding hydrogens is 242 g/mol. The highest BCUT2D eigenvalue weighted by Crippen LogP contribution is 2.31. The lowest BCUT2D eigenvalue weighted by Gasteiger charge is -2.22. The fraction of sp³-hybridized carbons (Fsp3) is 0.214. The average molecular weight is 255 g/mol. The number of aromatic nitrogens is 2. The van der Waals surface area contributed by atoms with Gasteiger partial charge in [-0.05, 0) is 35.6 Å². The van der Waals surface area contributed by atoms with E-state index >= 15 is 0 Å². The van der Waals surface area contributed by atoms with Gasteiger partial charge < -0.3 is 10.3 Å². The highest BCUT2D eigenvalue weighted by molar-refractivity contribution is 7.10. The third-order valence-electron chi connectivity index (χ3n) is 3.47. The Kier molecular flexibility index (Phi) is 2.25. The topological polar surface area (TPSA) is 40.7 Å². The molecule has 2 aromatic heterocycles. The predicted octanol–water partition coefficient (Wildman–Crippen LogP) is 2.86. The Hall–Kier alpha value is -1.65. The lowest BCUT2D eigenvalue weighted by atomic mass is 10.0. The first-order valence-corrected chi connectivity index (χ1v) is 7.04. The van der Waals surface area contributed by atoms with Crippen LogP contribution in [0.15, 0.2) is 35.7 Å². The number of para-hydroxylation sites is 2. The van der Waals surface area contributed by atoms with Gasteiger partial charge in [-0.3, -0.25) is 0 Å². The molecule has 0 fully saturated rings. The fourth-order valence-electron chi connectivity index (χ4n) is 2.60. The first-order valence-electron chi connectivity index (χ1n) is 6.16. The van der Waals surface area contributed by atoms with E-state index in [-0.39, 0.29) is 6.04 Å². The van der Waals surface area contributed by atoms with Gasteiger partial charge >= 0.3 is 0 Å². The molecule has 0 bridgehead atoms. The van der Waals surface area contributed by atoms with Crippen molar-refractivity contribution in [3.63, 3.8) is 0 Å². The Morgan fingerprint density at radius 1 is 1.22 bits per heavy atom. The molecule has 0 aliphatic carbocycles. The fourth-order valence-corrected chi connectivity index (χ4v) is 3.52. The van der Waals surface area contributed by atoms with E-state index in [1.807, 2.05) is 29.5 Å². The summed E-state index contributed by atoms with van der Waals surface area (Å²) in [6, 6.07) is 10.6. The van der Waals surface area contributed by atoms with Crippen molar-refractivity contribution in [3.8, 4) is 0 Å². The summed E-state index contributed by atoms with van der Waals surface area (Å²) in [7, 11) is 0. The second-order valence-corrected chi connectivity index (χ2v) is 5.58. The number of aromatic amines is 1. The molecule has 18 heavy (non-hydrogen) atoms. The quantitative estimate of drug-likeness (QED) is 0.702. The molecule has 1 aromatic carbocycles. The molecule has 2 N–H and O–H groups in total. The number of nitrogens with one attached hydrogen (secondary N) is 2. The molecule has 1 atom stereocenters. The summed E-state index contributed by atoms with van der Waals surface area (Å²) in [4.78, 5) is 9.61. The van der Waals surface area contributed by atoms with Gasteiger partial charge in [0.25, 0.3) is 0 Å². The van der Waals surface area contributed by atoms with Crippen molar-refractivity contribution in [2.45, 2.75) is 12.5 Å². The van der Waals surface area contributed by atoms with E-state index < -0.39 is 0 Å². The van der Waals surface area contributed by atoms with E-state index in [1.165, 1.54) is 10.4 Å². The van der Waals surface area contributed by atoms with Gasteiger partial charge in [-0.2, -0.15) is 0 Å². The SMILES string of the molecule is c1ccc2[nH]c(C3NCCc4sccc43)nc2c1. The van der Waals surface area contributed by atoms with Crippen LogP contribution in [-0.4, -0.2) is 16.5 Å². The average Bonchev–Trinajstić information content (AvgIpc) is 3.04. The summed E-state index contributed by atoms with van der Waals surface area (Å²) in [6.07, 6.45) is 1.13. The van der Waals surface area contributed by atoms with E-state index in [9.17, 15) is 0 Å². The van der Waals surface area contributed by atoms with Crippen molar-refractivity contribution < 1.29 is 0 Å². The van der Waals surface area contributed by atoms with Gasteiger partial charge in [0.05, 0.1) is 17.1 Å². The molecule has 4 rings (SSSR count). The van der Waals surface area contributed by atoms with E-state index in [1.54, 1.807) is 0 Å². The van der Waals surface area contributed by atoms with Crippen molar-refractivity contribution in [1.29, 1.82) is 0 Å². The molecule has 0 saturated heterocycles. The number of nitrogens with zero attached hydrogens (tertiary/aromatic N) is 1. The van der Waals surface area contributed by atoms with E-state index in [2.05, 4.69) is 27.8 Å². The third kappa shape index (κ3) is 1.50. The van der Waals surface area contributed by atoms with Crippen molar-refractivity contribution in [3.05, 3.63) is 52.0 Å². The Labute approximate surface area is 109 Å². The molecule has 90 valence electrons. The van der Waals surface area contributed by atoms with Crippen LogP contribution in [0.5, 0.6) is 0 Å². The lowest BCUT2D eigenvalue weighted by molar-refractivity contribution is 0.555. The minimum Gasteiger partial charge on any atom is -0.340 e. The van der Waals surface area contributed by atoms with Gasteiger partial charge in [-0.25, -0.2) is 4.98 Å². The Bertz CT molecular complexity index is 665. The highest BCUT2D eigenvalue weighted by Gasteiger charge is 2.24. The number of fused-ring (bicyclic) bond motifs is 2. The molecule has 3 aromatic rings. The zero-order chi connectivity index (χ0) is 11.9. The first-order chi connectivity index (χ1) is 8.92. The largest absolute Gasteiger partial charge is 0.340 e. The summed E-state index contributed by atoms with van der Waals surface area (Å²) < 4.78 is 0. The minimum atomic E-state index is 0.215. The lowest BCUT2D eigenvalue weighted by Crippen LogP contribution is -2.30. The number of imidazole rings is 1. The van der Waals surface area contributed by atoms with Crippen LogP contribution in [0.4, 0.5) is 0 Å². The molecule has 0 saturated carbocycles. The Morgan fingerprint density at radius 2 is 2.17 bits per heavy atom. The Morgan fingerprint density at radius 3 is 3.11 bits per heavy atom. The van der Waals surface area contributed by atoms with Crippen LogP contribution in [0, 0.1) is 0 Å². The van der Waals surface area contributed by atoms with Crippen molar-refractivity contribution in [1.82, 2.24) is 15.3 Å². The van der Waals surface area contributed by atoms with Crippen molar-refractivity contribution in [2.24, 2.45) is 0 Å². The van der Waals surface area contributed by atoms with Gasteiger partial charge in [0.1, 0.15) is 5.82 Å². The van der Waals surface area contributed by atoms with Crippen molar-refractivity contribution in [2.75, 3.05) is 6.54 Å². The zero-order valence-electron chi connectivity index (χ0n) is 9.81. The van der Waals surface area contributed by atoms with Gasteiger partial charge in [0.2, 0.25) is 0 Å². The molecule has 0 amide bonds. The van der Waals surface area contributed by atoms with Crippen LogP contribution < -0.4 is 5.32 Å². The highest BCUT2D eigenvalue weighted by atomic mass is 32.1. The molecule has 1 unspecified atom stereocenters. The van der Waals surface area contributed by atoms with Crippen LogP contribution >= 0.6 is 11.3 Å². The van der Waals surface area contributed by atoms with Crippen LogP contribution in [-0.2, 0) is 6.42 Å². The van der Waals surface area contributed by atoms with Gasteiger partial charge in [-0.15, -0.1) is 11.3 Å². The summed E-state index contributed by atoms with van der Waals surface area (Å²) in [5.74, 6) is 1.02. The number of rotatable bonds is 1. The minimum absolute atomic E-state index is 0.215. The number of thiophene rings is 1. The van der Waals surface area contributed by atoms with Gasteiger partial charge in [0, 0.05) is 11.4 Å². The number of H-pyrrole nitrogens is 1. The van der Waals surface area contributed by atoms with Crippen molar-refractivity contribution >= 4 is 22.4 Å². The number of benzene rings is 1. The van der Waals surface area contributed by atoms with Crippen LogP contribution in [0.2, 0.25) is 0 Å². The summed E-state index contributed by atoms with van der Waals surface area (Å²) in [5.41, 5.74) is 3.53. The normalized spacial score (nSPS) is 19.0. The molecule has 3 heterocycles. The standard InChI is InChI=1S/C14H13N3S/c1-2-4-11-10(3-1)16-14(17-11)13-9-6-8-18-12(9)5-7-15-13/h1-4,6,8,13,15H,5,7H2,(H,16,17). The molecule has 1 aliphatic heterocycles. The second-order valence-electron chi connectivity index (χ2n) is 4.58. The summed E-state index contributed by atoms with van der Waals surface area (Å²) in [6.45, 7) is 1.02. The summed E-state index contributed by atoms with van der Waals surface area (Å²) >= 11 is 1.85. The predicted molar refractivity (Wildman–Crippen MR) is 74.0 cm³/mol. The van der Waals surface area contributed by atoms with Gasteiger partial charge in [0.15, 0.2) is 0 Å². The van der Waals surface area contributed by atoms with E-state index in [0.717, 1.165) is 29.8 Å². The maximum absolute atomic E-state index is 4.70. The Balaban J connectivity index is 1.84. The molecule has 1 aliphatic rings.